The number of para-hydroxylation sites is 1. The van der Waals surface area contributed by atoms with Crippen LogP contribution in [0.25, 0.3) is 0 Å². The Bertz CT molecular complexity index is 1240. The number of anilines is 4. The molecule has 1 amide bonds. The quantitative estimate of drug-likeness (QED) is 0.416. The first-order valence-corrected chi connectivity index (χ1v) is 12.8. The number of piperazine rings is 1. The maximum atomic E-state index is 13.1. The smallest absolute Gasteiger partial charge is 0.263 e. The summed E-state index contributed by atoms with van der Waals surface area (Å²) >= 11 is 20.6. The Labute approximate surface area is 216 Å². The zero-order valence-electron chi connectivity index (χ0n) is 18.2. The summed E-state index contributed by atoms with van der Waals surface area (Å²) in [7, 11) is 0. The molecule has 34 heavy (non-hydrogen) atoms. The zero-order chi connectivity index (χ0) is 23.8. The predicted molar refractivity (Wildman–Crippen MR) is 140 cm³/mol. The average molecular weight is 536 g/mol. The van der Waals surface area contributed by atoms with Crippen LogP contribution in [0.5, 0.6) is 0 Å². The molecule has 5 rings (SSSR count). The fraction of sp³-hybridized carbons (Fsp3) is 0.261. The average Bonchev–Trinajstić information content (AvgIpc) is 2.81. The van der Waals surface area contributed by atoms with Crippen molar-refractivity contribution in [2.24, 2.45) is 0 Å². The Morgan fingerprint density at radius 2 is 1.94 bits per heavy atom. The number of nitrogens with one attached hydrogen (secondary N) is 2. The number of halogens is 3. The molecule has 1 atom stereocenters. The summed E-state index contributed by atoms with van der Waals surface area (Å²) in [6.07, 6.45) is 1.52. The van der Waals surface area contributed by atoms with E-state index in [9.17, 15) is 4.79 Å². The largest absolute Gasteiger partial charge is 0.365 e. The standard InChI is InChI=1S/C23H21Cl3N6OS/c1-13-10-27-7-8-31(13)19-6-5-14(9-18(19)26)29-23-28-11-15-21(30-23)34-12-32(22(15)33)20-16(24)3-2-4-17(20)25/h2-6,9,11,13,27H,7-8,10,12H2,1H3,(H,28,29,30). The van der Waals surface area contributed by atoms with Crippen molar-refractivity contribution in [1.82, 2.24) is 15.3 Å². The first-order chi connectivity index (χ1) is 16.4. The number of hydrogen-bond acceptors (Lipinski definition) is 7. The van der Waals surface area contributed by atoms with E-state index >= 15 is 0 Å². The van der Waals surface area contributed by atoms with Gasteiger partial charge in [0, 0.05) is 37.6 Å². The maximum absolute atomic E-state index is 13.1. The highest BCUT2D eigenvalue weighted by Gasteiger charge is 2.30. The van der Waals surface area contributed by atoms with Gasteiger partial charge in [-0.05, 0) is 37.3 Å². The molecule has 1 aromatic heterocycles. The van der Waals surface area contributed by atoms with E-state index in [4.69, 9.17) is 34.8 Å². The lowest BCUT2D eigenvalue weighted by molar-refractivity contribution is 0.0985. The summed E-state index contributed by atoms with van der Waals surface area (Å²) in [5.74, 6) is 0.491. The number of nitrogens with zero attached hydrogens (tertiary/aromatic N) is 4. The zero-order valence-corrected chi connectivity index (χ0v) is 21.3. The molecule has 3 aromatic rings. The molecule has 2 N–H and O–H groups in total. The second-order valence-corrected chi connectivity index (χ2v) is 10.2. The van der Waals surface area contributed by atoms with E-state index in [1.807, 2.05) is 18.2 Å². The van der Waals surface area contributed by atoms with E-state index in [1.54, 1.807) is 23.1 Å². The molecule has 2 aliphatic heterocycles. The molecule has 176 valence electrons. The highest BCUT2D eigenvalue weighted by molar-refractivity contribution is 7.99. The molecule has 3 heterocycles. The molecule has 2 aliphatic rings. The lowest BCUT2D eigenvalue weighted by Crippen LogP contribution is -2.50. The summed E-state index contributed by atoms with van der Waals surface area (Å²) < 4.78 is 0. The first kappa shape index (κ1) is 23.5. The van der Waals surface area contributed by atoms with Gasteiger partial charge < -0.3 is 15.5 Å². The lowest BCUT2D eigenvalue weighted by Gasteiger charge is -2.36. The van der Waals surface area contributed by atoms with Crippen LogP contribution in [0, 0.1) is 0 Å². The van der Waals surface area contributed by atoms with Gasteiger partial charge in [-0.25, -0.2) is 9.97 Å². The number of carbonyl (C=O) groups is 1. The number of aromatic nitrogens is 2. The van der Waals surface area contributed by atoms with Crippen LogP contribution in [0.2, 0.25) is 15.1 Å². The van der Waals surface area contributed by atoms with E-state index in [-0.39, 0.29) is 5.91 Å². The van der Waals surface area contributed by atoms with Gasteiger partial charge >= 0.3 is 0 Å². The monoisotopic (exact) mass is 534 g/mol. The van der Waals surface area contributed by atoms with Crippen molar-refractivity contribution in [2.75, 3.05) is 40.6 Å². The van der Waals surface area contributed by atoms with Crippen molar-refractivity contribution >= 4 is 75.5 Å². The van der Waals surface area contributed by atoms with E-state index in [1.165, 1.54) is 18.0 Å². The summed E-state index contributed by atoms with van der Waals surface area (Å²) in [5, 5.41) is 8.67. The number of thioether (sulfide) groups is 1. The van der Waals surface area contributed by atoms with Crippen LogP contribution in [0.4, 0.5) is 23.0 Å². The Morgan fingerprint density at radius 1 is 1.15 bits per heavy atom. The number of fused-ring (bicyclic) bond motifs is 1. The van der Waals surface area contributed by atoms with E-state index < -0.39 is 0 Å². The third kappa shape index (κ3) is 4.53. The topological polar surface area (TPSA) is 73.4 Å². The molecule has 7 nitrogen and oxygen atoms in total. The highest BCUT2D eigenvalue weighted by atomic mass is 35.5. The minimum Gasteiger partial charge on any atom is -0.365 e. The number of rotatable bonds is 4. The highest BCUT2D eigenvalue weighted by Crippen LogP contribution is 2.39. The molecule has 2 aromatic carbocycles. The Morgan fingerprint density at radius 3 is 2.68 bits per heavy atom. The number of hydrogen-bond donors (Lipinski definition) is 2. The molecule has 1 fully saturated rings. The van der Waals surface area contributed by atoms with Gasteiger partial charge in [-0.3, -0.25) is 9.69 Å². The fourth-order valence-electron chi connectivity index (χ4n) is 4.07. The number of carbonyl (C=O) groups excluding carboxylic acids is 1. The van der Waals surface area contributed by atoms with Crippen LogP contribution in [0.3, 0.4) is 0 Å². The van der Waals surface area contributed by atoms with E-state index in [2.05, 4.69) is 32.4 Å². The molecule has 0 spiro atoms. The second-order valence-electron chi connectivity index (χ2n) is 8.03. The number of amides is 1. The normalized spacial score (nSPS) is 18.1. The minimum absolute atomic E-state index is 0.243. The molecule has 1 unspecified atom stereocenters. The van der Waals surface area contributed by atoms with Crippen molar-refractivity contribution in [1.29, 1.82) is 0 Å². The van der Waals surface area contributed by atoms with Gasteiger partial charge in [0.25, 0.3) is 5.91 Å². The molecule has 0 bridgehead atoms. The van der Waals surface area contributed by atoms with Crippen molar-refractivity contribution in [2.45, 2.75) is 18.0 Å². The van der Waals surface area contributed by atoms with E-state index in [0.29, 0.717) is 49.2 Å². The van der Waals surface area contributed by atoms with Gasteiger partial charge in [-0.2, -0.15) is 0 Å². The third-order valence-corrected chi connectivity index (χ3v) is 7.67. The molecule has 11 heteroatoms. The lowest BCUT2D eigenvalue weighted by atomic mass is 10.1. The molecule has 0 radical (unpaired) electrons. The Kier molecular flexibility index (Phi) is 6.77. The first-order valence-electron chi connectivity index (χ1n) is 10.7. The van der Waals surface area contributed by atoms with Crippen LogP contribution in [0.1, 0.15) is 17.3 Å². The van der Waals surface area contributed by atoms with Crippen molar-refractivity contribution < 1.29 is 4.79 Å². The van der Waals surface area contributed by atoms with Crippen LogP contribution < -0.4 is 20.4 Å². The maximum Gasteiger partial charge on any atom is 0.263 e. The summed E-state index contributed by atoms with van der Waals surface area (Å²) in [6.45, 7) is 4.94. The Balaban J connectivity index is 1.35. The summed E-state index contributed by atoms with van der Waals surface area (Å²) in [4.78, 5) is 25.9. The van der Waals surface area contributed by atoms with Gasteiger partial charge in [0.05, 0.1) is 37.9 Å². The molecular formula is C23H21Cl3N6OS. The minimum atomic E-state index is -0.243. The van der Waals surface area contributed by atoms with Gasteiger partial charge in [-0.15, -0.1) is 0 Å². The summed E-state index contributed by atoms with van der Waals surface area (Å²) in [6, 6.07) is 11.4. The van der Waals surface area contributed by atoms with Crippen LogP contribution >= 0.6 is 46.6 Å². The van der Waals surface area contributed by atoms with Gasteiger partial charge in [-0.1, -0.05) is 52.6 Å². The summed E-state index contributed by atoms with van der Waals surface area (Å²) in [5.41, 5.74) is 2.67. The number of benzene rings is 2. The Hall–Kier alpha value is -2.23. The van der Waals surface area contributed by atoms with Gasteiger partial charge in [0.15, 0.2) is 0 Å². The van der Waals surface area contributed by atoms with Crippen molar-refractivity contribution in [3.8, 4) is 0 Å². The molecule has 0 aliphatic carbocycles. The van der Waals surface area contributed by atoms with Gasteiger partial charge in [0.2, 0.25) is 5.95 Å². The second kappa shape index (κ2) is 9.79. The van der Waals surface area contributed by atoms with Crippen molar-refractivity contribution in [3.63, 3.8) is 0 Å². The molecule has 1 saturated heterocycles. The van der Waals surface area contributed by atoms with Crippen LogP contribution in [-0.4, -0.2) is 47.4 Å². The third-order valence-electron chi connectivity index (χ3n) is 5.78. The molecule has 0 saturated carbocycles. The van der Waals surface area contributed by atoms with Gasteiger partial charge in [0.1, 0.15) is 5.03 Å². The van der Waals surface area contributed by atoms with E-state index in [0.717, 1.165) is 31.0 Å². The fourth-order valence-corrected chi connectivity index (χ4v) is 5.91. The van der Waals surface area contributed by atoms with Crippen LogP contribution in [-0.2, 0) is 0 Å². The van der Waals surface area contributed by atoms with Crippen molar-refractivity contribution in [3.05, 3.63) is 63.2 Å². The SMILES string of the molecule is CC1CNCCN1c1ccc(Nc2ncc3c(n2)SCN(c2c(Cl)cccc2Cl)C3=O)cc1Cl. The van der Waals surface area contributed by atoms with Crippen LogP contribution in [0.15, 0.2) is 47.6 Å². The predicted octanol–water partition coefficient (Wildman–Crippen LogP) is 5.69. The molecular weight excluding hydrogens is 515 g/mol.